The van der Waals surface area contributed by atoms with Crippen molar-refractivity contribution in [2.75, 3.05) is 6.54 Å². The number of aromatic amines is 1. The minimum atomic E-state index is -4.78. The summed E-state index contributed by atoms with van der Waals surface area (Å²) >= 11 is 1.29. The summed E-state index contributed by atoms with van der Waals surface area (Å²) in [4.78, 5) is 40.8. The molecule has 1 amide bonds. The first-order valence-corrected chi connectivity index (χ1v) is 17.0. The average molecular weight is 744 g/mol. The molecule has 0 aliphatic heterocycles. The molecule has 0 saturated carbocycles. The van der Waals surface area contributed by atoms with Gasteiger partial charge in [-0.25, -0.2) is 4.79 Å². The number of H-pyrrole nitrogens is 1. The summed E-state index contributed by atoms with van der Waals surface area (Å²) < 4.78 is 42.4. The Morgan fingerprint density at radius 2 is 1.60 bits per heavy atom. The van der Waals surface area contributed by atoms with Crippen LogP contribution in [-0.4, -0.2) is 43.8 Å². The lowest BCUT2D eigenvalue weighted by Gasteiger charge is -2.25. The van der Waals surface area contributed by atoms with Crippen molar-refractivity contribution in [3.05, 3.63) is 158 Å². The van der Waals surface area contributed by atoms with Crippen LogP contribution in [0.5, 0.6) is 5.75 Å². The van der Waals surface area contributed by atoms with Crippen LogP contribution >= 0.6 is 11.3 Å². The summed E-state index contributed by atoms with van der Waals surface area (Å²) in [6.07, 6.45) is -5.97. The fourth-order valence-corrected chi connectivity index (χ4v) is 6.97. The molecule has 7 N–H and O–H groups in total. The molecule has 2 heterocycles. The molecule has 53 heavy (non-hydrogen) atoms. The van der Waals surface area contributed by atoms with Crippen LogP contribution < -0.4 is 16.2 Å². The molecule has 6 aromatic rings. The van der Waals surface area contributed by atoms with Crippen molar-refractivity contribution in [3.63, 3.8) is 0 Å². The summed E-state index contributed by atoms with van der Waals surface area (Å²) in [6.45, 7) is -0.428. The number of hydrogen-bond acceptors (Lipinski definition) is 8. The van der Waals surface area contributed by atoms with Gasteiger partial charge in [-0.15, -0.1) is 11.3 Å². The van der Waals surface area contributed by atoms with Gasteiger partial charge in [0.25, 0.3) is 5.91 Å². The summed E-state index contributed by atoms with van der Waals surface area (Å²) in [5.41, 5.74) is -2.67. The zero-order chi connectivity index (χ0) is 37.9. The number of carboxylic acids is 1. The summed E-state index contributed by atoms with van der Waals surface area (Å²) in [6, 6.07) is 26.7. The van der Waals surface area contributed by atoms with Gasteiger partial charge in [0.15, 0.2) is 0 Å². The van der Waals surface area contributed by atoms with Crippen LogP contribution in [0.3, 0.4) is 0 Å². The number of aliphatic carboxylic acids is 1. The first kappa shape index (κ1) is 37.0. The van der Waals surface area contributed by atoms with E-state index in [-0.39, 0.29) is 53.2 Å². The average Bonchev–Trinajstić information content (AvgIpc) is 3.63. The number of amides is 1. The van der Waals surface area contributed by atoms with Crippen molar-refractivity contribution in [2.24, 2.45) is 0 Å². The summed E-state index contributed by atoms with van der Waals surface area (Å²) in [5.74, 6) is -2.36. The van der Waals surface area contributed by atoms with Gasteiger partial charge in [-0.1, -0.05) is 60.7 Å². The molecular weight excluding hydrogens is 712 g/mol. The van der Waals surface area contributed by atoms with Gasteiger partial charge in [-0.3, -0.25) is 9.59 Å². The van der Waals surface area contributed by atoms with Gasteiger partial charge in [0.05, 0.1) is 23.7 Å². The lowest BCUT2D eigenvalue weighted by Crippen LogP contribution is -2.36. The highest BCUT2D eigenvalue weighted by Crippen LogP contribution is 2.36. The van der Waals surface area contributed by atoms with Gasteiger partial charge >= 0.3 is 12.1 Å². The number of pyridine rings is 1. The molecule has 14 heteroatoms. The Bertz CT molecular complexity index is 2360. The number of phenolic OH excluding ortho intramolecular Hbond substituents is 1. The smallest absolute Gasteiger partial charge is 0.416 e. The Balaban J connectivity index is 1.11. The minimum absolute atomic E-state index is 0.00858. The normalized spacial score (nSPS) is 13.4. The topological polar surface area (TPSA) is 172 Å². The van der Waals surface area contributed by atoms with Crippen LogP contribution in [0.15, 0.2) is 114 Å². The highest BCUT2D eigenvalue weighted by molar-refractivity contribution is 7.15. The van der Waals surface area contributed by atoms with Crippen molar-refractivity contribution in [2.45, 2.75) is 31.0 Å². The van der Waals surface area contributed by atoms with E-state index in [2.05, 4.69) is 15.6 Å². The Morgan fingerprint density at radius 1 is 0.849 bits per heavy atom. The zero-order valence-corrected chi connectivity index (χ0v) is 28.5. The second-order valence-corrected chi connectivity index (χ2v) is 13.4. The predicted molar refractivity (Wildman–Crippen MR) is 192 cm³/mol. The maximum absolute atomic E-state index is 14.1. The molecule has 6 rings (SSSR count). The fourth-order valence-electron chi connectivity index (χ4n) is 6.03. The van der Waals surface area contributed by atoms with Crippen molar-refractivity contribution in [3.8, 4) is 16.2 Å². The number of fused-ring (bicyclic) bond motifs is 1. The van der Waals surface area contributed by atoms with E-state index in [9.17, 15) is 48.0 Å². The first-order chi connectivity index (χ1) is 25.3. The molecule has 0 aliphatic rings. The molecule has 272 valence electrons. The molecule has 0 radical (unpaired) electrons. The second-order valence-electron chi connectivity index (χ2n) is 12.2. The summed E-state index contributed by atoms with van der Waals surface area (Å²) in [7, 11) is 0. The van der Waals surface area contributed by atoms with Crippen LogP contribution in [-0.2, 0) is 29.7 Å². The number of alkyl halides is 3. The number of rotatable bonds is 12. The van der Waals surface area contributed by atoms with Crippen LogP contribution in [0.2, 0.25) is 0 Å². The Labute approximate surface area is 303 Å². The maximum atomic E-state index is 14.1. The standard InChI is InChI=1S/C39H32F3N3O7S/c40-39(41,42)30-18-23(9-10-24(30)19-43-21-32(47)28-12-14-31(46)35-29(28)13-16-34(48)45-35)36(49)44-20-27-11-15-33(53-27)22-5-4-8-26(17-22)38(52,37(50)51)25-6-2-1-3-7-25/h1-18,32,43,46-47,52H,19-21H2,(H,44,49)(H,45,48)(H,50,51)/t32-,38-/m0/s1. The number of carboxylic acid groups (broad SMARTS) is 1. The van der Waals surface area contributed by atoms with E-state index in [0.29, 0.717) is 26.3 Å². The Kier molecular flexibility index (Phi) is 10.5. The molecule has 0 fully saturated rings. The van der Waals surface area contributed by atoms with E-state index in [1.807, 2.05) is 0 Å². The maximum Gasteiger partial charge on any atom is 0.416 e. The van der Waals surface area contributed by atoms with E-state index in [1.54, 1.807) is 48.5 Å². The molecule has 2 aromatic heterocycles. The lowest BCUT2D eigenvalue weighted by molar-refractivity contribution is -0.155. The number of aliphatic hydroxyl groups excluding tert-OH is 1. The molecular formula is C39H32F3N3O7S. The summed E-state index contributed by atoms with van der Waals surface area (Å²) in [5, 5.41) is 47.9. The van der Waals surface area contributed by atoms with Gasteiger partial charge in [-0.05, 0) is 64.7 Å². The number of benzene rings is 4. The number of aromatic hydroxyl groups is 1. The SMILES string of the molecule is O=C(NCc1ccc(-c2cccc([C@](O)(C(=O)O)c3ccccc3)c2)s1)c1ccc(CNC[C@H](O)c2ccc(O)c3[nH]c(=O)ccc23)c(C(F)(F)F)c1. The molecule has 0 aliphatic carbocycles. The second kappa shape index (κ2) is 15.0. The largest absolute Gasteiger partial charge is 0.506 e. The lowest BCUT2D eigenvalue weighted by atomic mass is 9.85. The first-order valence-electron chi connectivity index (χ1n) is 16.2. The number of aromatic nitrogens is 1. The van der Waals surface area contributed by atoms with Crippen LogP contribution in [0, 0.1) is 0 Å². The third kappa shape index (κ3) is 7.85. The minimum Gasteiger partial charge on any atom is -0.506 e. The van der Waals surface area contributed by atoms with Crippen LogP contribution in [0.1, 0.15) is 49.2 Å². The van der Waals surface area contributed by atoms with Gasteiger partial charge in [0.2, 0.25) is 11.2 Å². The third-order valence-electron chi connectivity index (χ3n) is 8.75. The van der Waals surface area contributed by atoms with E-state index in [1.165, 1.54) is 65.9 Å². The number of halogens is 3. The van der Waals surface area contributed by atoms with Crippen molar-refractivity contribution >= 4 is 34.1 Å². The number of hydrogen-bond donors (Lipinski definition) is 7. The number of carbonyl (C=O) groups is 2. The molecule has 0 unspecified atom stereocenters. The third-order valence-corrected chi connectivity index (χ3v) is 9.88. The quantitative estimate of drug-likeness (QED) is 0.0794. The number of aliphatic hydroxyl groups is 2. The van der Waals surface area contributed by atoms with Crippen molar-refractivity contribution in [1.29, 1.82) is 0 Å². The highest BCUT2D eigenvalue weighted by Gasteiger charge is 2.40. The van der Waals surface area contributed by atoms with Gasteiger partial charge in [0, 0.05) is 45.4 Å². The Morgan fingerprint density at radius 3 is 2.34 bits per heavy atom. The van der Waals surface area contributed by atoms with E-state index in [0.717, 1.165) is 6.07 Å². The van der Waals surface area contributed by atoms with Gasteiger partial charge < -0.3 is 36.0 Å². The molecule has 0 spiro atoms. The predicted octanol–water partition coefficient (Wildman–Crippen LogP) is 6.05. The van der Waals surface area contributed by atoms with Gasteiger partial charge in [0.1, 0.15) is 5.75 Å². The molecule has 2 atom stereocenters. The van der Waals surface area contributed by atoms with Crippen molar-refractivity contribution in [1.82, 2.24) is 15.6 Å². The van der Waals surface area contributed by atoms with E-state index in [4.69, 9.17) is 0 Å². The zero-order valence-electron chi connectivity index (χ0n) is 27.6. The van der Waals surface area contributed by atoms with Crippen molar-refractivity contribution < 1.29 is 43.2 Å². The van der Waals surface area contributed by atoms with Crippen LogP contribution in [0.4, 0.5) is 13.2 Å². The van der Waals surface area contributed by atoms with Gasteiger partial charge in [-0.2, -0.15) is 13.2 Å². The van der Waals surface area contributed by atoms with Crippen LogP contribution in [0.25, 0.3) is 21.3 Å². The molecule has 10 nitrogen and oxygen atoms in total. The molecule has 0 bridgehead atoms. The number of nitrogens with one attached hydrogen (secondary N) is 3. The number of thiophene rings is 1. The van der Waals surface area contributed by atoms with E-state index < -0.39 is 40.9 Å². The number of carbonyl (C=O) groups excluding carboxylic acids is 1. The highest BCUT2D eigenvalue weighted by atomic mass is 32.1. The fraction of sp³-hybridized carbons (Fsp3) is 0.154. The molecule has 0 saturated heterocycles. The molecule has 4 aromatic carbocycles. The number of phenols is 1. The Hall–Kier alpha value is -5.80. The van der Waals surface area contributed by atoms with E-state index >= 15 is 0 Å². The monoisotopic (exact) mass is 743 g/mol.